The molecule has 2 amide bonds. The number of unbranched alkanes of at least 4 members (excludes halogenated alkanes) is 1. The predicted molar refractivity (Wildman–Crippen MR) is 279 cm³/mol. The second-order valence-corrected chi connectivity index (χ2v) is 22.9. The zero-order valence-corrected chi connectivity index (χ0v) is 48.1. The molecule has 6 fully saturated rings. The largest absolute Gasteiger partial charge is 0.394 e. The van der Waals surface area contributed by atoms with Gasteiger partial charge in [0.1, 0.15) is 158 Å². The van der Waals surface area contributed by atoms with E-state index in [9.17, 15) is 132 Å². The van der Waals surface area contributed by atoms with Gasteiger partial charge in [0.2, 0.25) is 11.8 Å². The normalized spacial score (nSPS) is 44.1. The molecule has 0 aliphatic carbocycles. The molecule has 0 saturated carbocycles. The van der Waals surface area contributed by atoms with Gasteiger partial charge in [-0.05, 0) is 12.8 Å². The highest BCUT2D eigenvalue weighted by molar-refractivity contribution is 5.78. The van der Waals surface area contributed by atoms with Gasteiger partial charge in [-0.2, -0.15) is 0 Å². The van der Waals surface area contributed by atoms with Crippen LogP contribution in [0, 0.1) is 0 Å². The molecule has 0 bridgehead atoms. The van der Waals surface area contributed by atoms with Crippen molar-refractivity contribution >= 4 is 11.8 Å². The Kier molecular flexibility index (Phi) is 29.3. The van der Waals surface area contributed by atoms with E-state index in [1.54, 1.807) is 0 Å². The molecule has 0 aromatic heterocycles. The number of carbonyl (C=O) groups excluding carboxylic acids is 2. The van der Waals surface area contributed by atoms with Crippen LogP contribution in [0.5, 0.6) is 0 Å². The van der Waals surface area contributed by atoms with Crippen molar-refractivity contribution in [2.45, 2.75) is 221 Å². The first-order valence-corrected chi connectivity index (χ1v) is 28.7. The van der Waals surface area contributed by atoms with Crippen molar-refractivity contribution in [1.29, 1.82) is 0 Å². The molecule has 6 heterocycles. The van der Waals surface area contributed by atoms with E-state index in [0.717, 1.165) is 0 Å². The van der Waals surface area contributed by atoms with Crippen molar-refractivity contribution in [3.8, 4) is 0 Å². The maximum Gasteiger partial charge on any atom is 0.220 e. The molecule has 90 heavy (non-hydrogen) atoms. The maximum absolute atomic E-state index is 14.3. The number of ether oxygens (including phenoxy) is 12. The Labute approximate surface area is 510 Å². The van der Waals surface area contributed by atoms with Gasteiger partial charge in [-0.15, -0.1) is 0 Å². The summed E-state index contributed by atoms with van der Waals surface area (Å²) in [5.74, 6) is -2.02. The smallest absolute Gasteiger partial charge is 0.220 e. The Hall–Kier alpha value is -2.50. The number of nitrogens with one attached hydrogen (secondary N) is 2. The van der Waals surface area contributed by atoms with Crippen LogP contribution in [0.4, 0.5) is 0 Å². The lowest BCUT2D eigenvalue weighted by atomic mass is 9.97. The standard InChI is InChI=1S/C50H88N2O38/c53-5-17-25(61)31(67)37(73)43(85-17)79-11-49(12-80-44-38(74)32(68)26(62)18(6-54)86-44,13-81-45-39(75)33(69)27(63)19(7-55)87-45)51-23(59)3-1-2-4-24(60)52-50(14-82-46-40(76)34(70)28(64)20(8-56)88-46,15-83-47-41(77)35(71)29(65)21(9-57)89-47)16-84-48-42(78)36(72)30(66)22(10-58)90-48/h17-22,25-48,53-58,61-78H,1-16H2,(H,51,59)(H,52,60). The van der Waals surface area contributed by atoms with Gasteiger partial charge in [0.05, 0.1) is 79.3 Å². The van der Waals surface area contributed by atoms with Gasteiger partial charge in [-0.3, -0.25) is 9.59 Å². The molecular weight excluding hydrogens is 1240 g/mol. The molecule has 0 spiro atoms. The van der Waals surface area contributed by atoms with Crippen molar-refractivity contribution in [3.63, 3.8) is 0 Å². The number of rotatable bonds is 31. The fraction of sp³-hybridized carbons (Fsp3) is 0.960. The van der Waals surface area contributed by atoms with Crippen molar-refractivity contribution < 1.29 is 189 Å². The van der Waals surface area contributed by atoms with E-state index < -0.39 is 299 Å². The van der Waals surface area contributed by atoms with Gasteiger partial charge in [0.25, 0.3) is 0 Å². The van der Waals surface area contributed by atoms with Crippen LogP contribution in [0.2, 0.25) is 0 Å². The number of carbonyl (C=O) groups is 2. The minimum Gasteiger partial charge on any atom is -0.394 e. The molecule has 6 saturated heterocycles. The molecule has 0 aromatic carbocycles. The van der Waals surface area contributed by atoms with Crippen molar-refractivity contribution in [2.24, 2.45) is 0 Å². The number of amides is 2. The molecule has 40 nitrogen and oxygen atoms in total. The molecule has 30 atom stereocenters. The fourth-order valence-electron chi connectivity index (χ4n) is 10.4. The van der Waals surface area contributed by atoms with Gasteiger partial charge < -0.3 is 190 Å². The van der Waals surface area contributed by atoms with E-state index in [-0.39, 0.29) is 12.8 Å². The molecule has 6 aliphatic rings. The summed E-state index contributed by atoms with van der Waals surface area (Å²) in [4.78, 5) is 28.6. The Morgan fingerprint density at radius 1 is 0.267 bits per heavy atom. The summed E-state index contributed by atoms with van der Waals surface area (Å²) in [6, 6.07) is 0. The van der Waals surface area contributed by atoms with E-state index in [4.69, 9.17) is 56.8 Å². The number of aliphatic hydroxyl groups excluding tert-OH is 24. The average molecular weight is 1330 g/mol. The Bertz CT molecular complexity index is 1800. The van der Waals surface area contributed by atoms with Crippen molar-refractivity contribution in [1.82, 2.24) is 10.6 Å². The predicted octanol–water partition coefficient (Wildman–Crippen LogP) is -16.8. The first kappa shape index (κ1) is 76.5. The van der Waals surface area contributed by atoms with Gasteiger partial charge in [-0.1, -0.05) is 0 Å². The second kappa shape index (κ2) is 34.4. The molecule has 26 N–H and O–H groups in total. The number of hydrogen-bond acceptors (Lipinski definition) is 38. The minimum absolute atomic E-state index is 0.277. The van der Waals surface area contributed by atoms with Crippen LogP contribution in [0.15, 0.2) is 0 Å². The summed E-state index contributed by atoms with van der Waals surface area (Å²) in [6.45, 7) is -11.7. The zero-order chi connectivity index (χ0) is 66.7. The summed E-state index contributed by atoms with van der Waals surface area (Å²) in [7, 11) is 0. The highest BCUT2D eigenvalue weighted by Crippen LogP contribution is 2.31. The van der Waals surface area contributed by atoms with E-state index >= 15 is 0 Å². The van der Waals surface area contributed by atoms with Gasteiger partial charge >= 0.3 is 0 Å². The molecule has 30 unspecified atom stereocenters. The average Bonchev–Trinajstić information content (AvgIpc) is 0.915. The van der Waals surface area contributed by atoms with Crippen molar-refractivity contribution in [2.75, 3.05) is 79.3 Å². The van der Waals surface area contributed by atoms with Crippen LogP contribution in [0.25, 0.3) is 0 Å². The topological polar surface area (TPSA) is 654 Å². The van der Waals surface area contributed by atoms with Crippen LogP contribution < -0.4 is 10.6 Å². The van der Waals surface area contributed by atoms with Gasteiger partial charge in [-0.25, -0.2) is 0 Å². The molecule has 0 radical (unpaired) electrons. The summed E-state index contributed by atoms with van der Waals surface area (Å²) >= 11 is 0. The lowest BCUT2D eigenvalue weighted by molar-refractivity contribution is -0.324. The summed E-state index contributed by atoms with van der Waals surface area (Å²) in [5, 5.41) is 256. The summed E-state index contributed by atoms with van der Waals surface area (Å²) in [6.07, 6.45) is -58.9. The Balaban J connectivity index is 1.28. The van der Waals surface area contributed by atoms with Crippen molar-refractivity contribution in [3.05, 3.63) is 0 Å². The second-order valence-electron chi connectivity index (χ2n) is 22.9. The van der Waals surface area contributed by atoms with Crippen LogP contribution in [-0.4, -0.2) is 409 Å². The van der Waals surface area contributed by atoms with Crippen LogP contribution in [0.3, 0.4) is 0 Å². The third-order valence-electron chi connectivity index (χ3n) is 16.1. The lowest BCUT2D eigenvalue weighted by Crippen LogP contribution is -2.65. The minimum atomic E-state index is -2.31. The zero-order valence-electron chi connectivity index (χ0n) is 48.1. The summed E-state index contributed by atoms with van der Waals surface area (Å²) < 4.78 is 67.7. The third-order valence-corrected chi connectivity index (χ3v) is 16.1. The highest BCUT2D eigenvalue weighted by atomic mass is 16.8. The van der Waals surface area contributed by atoms with E-state index in [2.05, 4.69) is 10.6 Å². The number of aliphatic hydroxyl groups is 24. The Morgan fingerprint density at radius 3 is 0.567 bits per heavy atom. The van der Waals surface area contributed by atoms with Crippen LogP contribution in [-0.2, 0) is 66.4 Å². The molecule has 6 aliphatic heterocycles. The van der Waals surface area contributed by atoms with Crippen LogP contribution >= 0.6 is 0 Å². The molecule has 526 valence electrons. The lowest BCUT2D eigenvalue weighted by Gasteiger charge is -2.44. The van der Waals surface area contributed by atoms with Crippen LogP contribution in [0.1, 0.15) is 25.7 Å². The molecule has 40 heteroatoms. The number of hydrogen-bond donors (Lipinski definition) is 26. The molecule has 0 aromatic rings. The van der Waals surface area contributed by atoms with E-state index in [1.807, 2.05) is 0 Å². The fourth-order valence-corrected chi connectivity index (χ4v) is 10.4. The third kappa shape index (κ3) is 18.3. The van der Waals surface area contributed by atoms with E-state index in [1.165, 1.54) is 0 Å². The highest BCUT2D eigenvalue weighted by Gasteiger charge is 2.53. The molecular formula is C50H88N2O38. The van der Waals surface area contributed by atoms with E-state index in [0.29, 0.717) is 0 Å². The maximum atomic E-state index is 14.3. The molecule has 6 rings (SSSR count). The first-order chi connectivity index (χ1) is 42.5. The monoisotopic (exact) mass is 1320 g/mol. The SMILES string of the molecule is O=C(CCCCC(=O)NC(COC1OC(CO)C(O)C(O)C1O)(COC1OC(CO)C(O)C(O)C1O)COC1OC(CO)C(O)C(O)C1O)NC(COC1OC(CO)C(O)C(O)C1O)(COC1OC(CO)C(O)C(O)C1O)COC1OC(CO)C(O)C(O)C1O. The Morgan fingerprint density at radius 2 is 0.422 bits per heavy atom. The van der Waals surface area contributed by atoms with Gasteiger partial charge in [0, 0.05) is 12.8 Å². The quantitative estimate of drug-likeness (QED) is 0.0287. The van der Waals surface area contributed by atoms with Gasteiger partial charge in [0.15, 0.2) is 37.7 Å². The summed E-state index contributed by atoms with van der Waals surface area (Å²) in [5.41, 5.74) is -4.62. The first-order valence-electron chi connectivity index (χ1n) is 28.7.